The summed E-state index contributed by atoms with van der Waals surface area (Å²) in [7, 11) is -3.84. The average molecular weight is 368 g/mol. The molecule has 1 fully saturated rings. The molecule has 0 saturated carbocycles. The molecule has 1 heterocycles. The smallest absolute Gasteiger partial charge is 0.251 e. The highest BCUT2D eigenvalue weighted by Crippen LogP contribution is 2.21. The Morgan fingerprint density at radius 3 is 2.36 bits per heavy atom. The summed E-state index contributed by atoms with van der Waals surface area (Å²) in [6, 6.07) is 3.06. The minimum atomic E-state index is -3.84. The number of rotatable bonds is 5. The molecule has 25 heavy (non-hydrogen) atoms. The number of nitrogens with zero attached hydrogens (tertiary/aromatic N) is 1. The van der Waals surface area contributed by atoms with E-state index in [0.717, 1.165) is 25.2 Å². The Bertz CT molecular complexity index is 736. The molecule has 0 bridgehead atoms. The molecule has 0 aromatic heterocycles. The van der Waals surface area contributed by atoms with Crippen molar-refractivity contribution in [1.82, 2.24) is 10.2 Å². The number of hydrogen-bond donors (Lipinski definition) is 2. The number of sulfonamides is 1. The van der Waals surface area contributed by atoms with Crippen LogP contribution in [0.15, 0.2) is 17.0 Å². The molecular formula is C18H29N3O3S. The number of hydrogen-bond acceptors (Lipinski definition) is 4. The Morgan fingerprint density at radius 1 is 1.20 bits per heavy atom. The monoisotopic (exact) mass is 367 g/mol. The van der Waals surface area contributed by atoms with Gasteiger partial charge in [-0.3, -0.25) is 4.79 Å². The number of benzene rings is 1. The summed E-state index contributed by atoms with van der Waals surface area (Å²) >= 11 is 0. The normalized spacial score (nSPS) is 22.0. The van der Waals surface area contributed by atoms with Gasteiger partial charge in [-0.1, -0.05) is 19.9 Å². The Labute approximate surface area is 150 Å². The molecule has 140 valence electrons. The Hall–Kier alpha value is -1.44. The van der Waals surface area contributed by atoms with Crippen molar-refractivity contribution in [3.63, 3.8) is 0 Å². The van der Waals surface area contributed by atoms with Crippen LogP contribution in [0.1, 0.15) is 41.8 Å². The van der Waals surface area contributed by atoms with E-state index in [1.807, 2.05) is 0 Å². The standard InChI is InChI=1S/C18H29N3O3S/c1-12-7-13(2)11-21(10-12)6-5-20-18(22)16-9-17(25(19,23)24)15(4)8-14(16)3/h8-9,12-13H,5-7,10-11H2,1-4H3,(H,20,22)(H2,19,23,24). The van der Waals surface area contributed by atoms with Gasteiger partial charge in [0.1, 0.15) is 0 Å². The molecule has 1 aromatic carbocycles. The minimum Gasteiger partial charge on any atom is -0.351 e. The molecule has 7 heteroatoms. The van der Waals surface area contributed by atoms with E-state index in [1.165, 1.54) is 12.5 Å². The summed E-state index contributed by atoms with van der Waals surface area (Å²) in [5, 5.41) is 8.13. The number of likely N-dealkylation sites (tertiary alicyclic amines) is 1. The maximum atomic E-state index is 12.5. The first-order valence-electron chi connectivity index (χ1n) is 8.72. The molecule has 1 aliphatic heterocycles. The van der Waals surface area contributed by atoms with E-state index in [0.29, 0.717) is 29.5 Å². The molecule has 2 rings (SSSR count). The van der Waals surface area contributed by atoms with E-state index in [4.69, 9.17) is 5.14 Å². The quantitative estimate of drug-likeness (QED) is 0.828. The number of piperidine rings is 1. The molecule has 0 aliphatic carbocycles. The average Bonchev–Trinajstić information content (AvgIpc) is 2.44. The summed E-state index contributed by atoms with van der Waals surface area (Å²) in [6.45, 7) is 11.4. The number of nitrogens with one attached hydrogen (secondary N) is 1. The van der Waals surface area contributed by atoms with Crippen molar-refractivity contribution in [3.05, 3.63) is 28.8 Å². The molecule has 2 atom stereocenters. The summed E-state index contributed by atoms with van der Waals surface area (Å²) in [6.07, 6.45) is 1.25. The highest BCUT2D eigenvalue weighted by molar-refractivity contribution is 7.89. The second-order valence-electron chi connectivity index (χ2n) is 7.44. The SMILES string of the molecule is Cc1cc(C)c(S(N)(=O)=O)cc1C(=O)NCCN1CC(C)CC(C)C1. The molecule has 0 radical (unpaired) electrons. The van der Waals surface area contributed by atoms with Crippen LogP contribution in [0.3, 0.4) is 0 Å². The van der Waals surface area contributed by atoms with Gasteiger partial charge in [0.15, 0.2) is 0 Å². The van der Waals surface area contributed by atoms with Crippen LogP contribution >= 0.6 is 0 Å². The van der Waals surface area contributed by atoms with Crippen LogP contribution in [0.4, 0.5) is 0 Å². The van der Waals surface area contributed by atoms with Gasteiger partial charge >= 0.3 is 0 Å². The molecule has 1 aromatic rings. The Kier molecular flexibility index (Phi) is 6.24. The fourth-order valence-electron chi connectivity index (χ4n) is 3.78. The van der Waals surface area contributed by atoms with E-state index in [9.17, 15) is 13.2 Å². The topological polar surface area (TPSA) is 92.5 Å². The van der Waals surface area contributed by atoms with Crippen LogP contribution in [0.5, 0.6) is 0 Å². The van der Waals surface area contributed by atoms with Gasteiger partial charge in [0.05, 0.1) is 4.90 Å². The van der Waals surface area contributed by atoms with Crippen molar-refractivity contribution in [1.29, 1.82) is 0 Å². The van der Waals surface area contributed by atoms with Gasteiger partial charge < -0.3 is 10.2 Å². The summed E-state index contributed by atoms with van der Waals surface area (Å²) < 4.78 is 23.3. The number of carbonyl (C=O) groups is 1. The third kappa shape index (κ3) is 5.26. The van der Waals surface area contributed by atoms with Crippen LogP contribution in [-0.4, -0.2) is 45.4 Å². The van der Waals surface area contributed by atoms with Gasteiger partial charge in [0.2, 0.25) is 10.0 Å². The van der Waals surface area contributed by atoms with Crippen LogP contribution < -0.4 is 10.5 Å². The van der Waals surface area contributed by atoms with Crippen LogP contribution in [-0.2, 0) is 10.0 Å². The lowest BCUT2D eigenvalue weighted by atomic mass is 9.92. The van der Waals surface area contributed by atoms with Gasteiger partial charge in [0.25, 0.3) is 5.91 Å². The first-order chi connectivity index (χ1) is 11.6. The fraction of sp³-hybridized carbons (Fsp3) is 0.611. The van der Waals surface area contributed by atoms with Crippen molar-refractivity contribution in [2.45, 2.75) is 39.0 Å². The predicted octanol–water partition coefficient (Wildman–Crippen LogP) is 1.66. The largest absolute Gasteiger partial charge is 0.351 e. The van der Waals surface area contributed by atoms with Crippen LogP contribution in [0.25, 0.3) is 0 Å². The molecule has 0 spiro atoms. The molecule has 1 saturated heterocycles. The zero-order valence-corrected chi connectivity index (χ0v) is 16.3. The van der Waals surface area contributed by atoms with Gasteiger partial charge in [-0.15, -0.1) is 0 Å². The molecule has 3 N–H and O–H groups in total. The minimum absolute atomic E-state index is 0.00179. The summed E-state index contributed by atoms with van der Waals surface area (Å²) in [4.78, 5) is 14.8. The maximum absolute atomic E-state index is 12.5. The number of nitrogens with two attached hydrogens (primary N) is 1. The second kappa shape index (κ2) is 7.85. The molecule has 1 amide bonds. The first-order valence-corrected chi connectivity index (χ1v) is 10.3. The lowest BCUT2D eigenvalue weighted by Gasteiger charge is -2.34. The van der Waals surface area contributed by atoms with Crippen molar-refractivity contribution in [2.24, 2.45) is 17.0 Å². The zero-order chi connectivity index (χ0) is 18.8. The van der Waals surface area contributed by atoms with E-state index in [2.05, 4.69) is 24.1 Å². The van der Waals surface area contributed by atoms with E-state index in [-0.39, 0.29) is 10.8 Å². The van der Waals surface area contributed by atoms with Crippen molar-refractivity contribution >= 4 is 15.9 Å². The highest BCUT2D eigenvalue weighted by Gasteiger charge is 2.22. The third-order valence-corrected chi connectivity index (χ3v) is 5.78. The Balaban J connectivity index is 2.01. The maximum Gasteiger partial charge on any atom is 0.251 e. The molecule has 2 unspecified atom stereocenters. The predicted molar refractivity (Wildman–Crippen MR) is 99.0 cm³/mol. The number of amides is 1. The van der Waals surface area contributed by atoms with Crippen molar-refractivity contribution in [3.8, 4) is 0 Å². The summed E-state index contributed by atoms with van der Waals surface area (Å²) in [5.41, 5.74) is 1.64. The third-order valence-electron chi connectivity index (χ3n) is 4.73. The van der Waals surface area contributed by atoms with E-state index >= 15 is 0 Å². The first kappa shape index (κ1) is 19.9. The number of aryl methyl sites for hydroxylation is 2. The molecule has 1 aliphatic rings. The van der Waals surface area contributed by atoms with Gasteiger partial charge in [0, 0.05) is 31.7 Å². The van der Waals surface area contributed by atoms with Crippen LogP contribution in [0.2, 0.25) is 0 Å². The van der Waals surface area contributed by atoms with Gasteiger partial charge in [-0.25, -0.2) is 13.6 Å². The lowest BCUT2D eigenvalue weighted by Crippen LogP contribution is -2.43. The molecule has 6 nitrogen and oxygen atoms in total. The fourth-order valence-corrected chi connectivity index (χ4v) is 4.57. The van der Waals surface area contributed by atoms with Gasteiger partial charge in [-0.2, -0.15) is 0 Å². The van der Waals surface area contributed by atoms with Gasteiger partial charge in [-0.05, 0) is 49.3 Å². The second-order valence-corrected chi connectivity index (χ2v) is 8.97. The summed E-state index contributed by atoms with van der Waals surface area (Å²) in [5.74, 6) is 1.09. The number of primary sulfonamides is 1. The zero-order valence-electron chi connectivity index (χ0n) is 15.5. The Morgan fingerprint density at radius 2 is 1.80 bits per heavy atom. The van der Waals surface area contributed by atoms with Crippen LogP contribution in [0, 0.1) is 25.7 Å². The molecular weight excluding hydrogens is 338 g/mol. The van der Waals surface area contributed by atoms with Crippen molar-refractivity contribution in [2.75, 3.05) is 26.2 Å². The number of carbonyl (C=O) groups excluding carboxylic acids is 1. The lowest BCUT2D eigenvalue weighted by molar-refractivity contribution is 0.0936. The van der Waals surface area contributed by atoms with E-state index < -0.39 is 10.0 Å². The highest BCUT2D eigenvalue weighted by atomic mass is 32.2. The van der Waals surface area contributed by atoms with E-state index in [1.54, 1.807) is 19.9 Å². The van der Waals surface area contributed by atoms with Crippen molar-refractivity contribution < 1.29 is 13.2 Å².